The van der Waals surface area contributed by atoms with E-state index in [0.29, 0.717) is 42.3 Å². The van der Waals surface area contributed by atoms with Gasteiger partial charge in [-0.25, -0.2) is 4.39 Å². The maximum absolute atomic E-state index is 14.4. The molecule has 3 aliphatic heterocycles. The van der Waals surface area contributed by atoms with Gasteiger partial charge in [0.1, 0.15) is 5.82 Å². The summed E-state index contributed by atoms with van der Waals surface area (Å²) in [6, 6.07) is 8.42. The van der Waals surface area contributed by atoms with Gasteiger partial charge in [-0.05, 0) is 55.4 Å². The van der Waals surface area contributed by atoms with Crippen molar-refractivity contribution >= 4 is 39.9 Å². The second-order valence-electron chi connectivity index (χ2n) is 7.62. The van der Waals surface area contributed by atoms with E-state index in [-0.39, 0.29) is 17.2 Å². The van der Waals surface area contributed by atoms with Gasteiger partial charge in [0.25, 0.3) is 5.91 Å². The number of nitrogens with zero attached hydrogens (tertiary/aromatic N) is 5. The number of aliphatic imine (C=N–C) groups is 1. The number of hydrogen-bond acceptors (Lipinski definition) is 6. The summed E-state index contributed by atoms with van der Waals surface area (Å²) in [6.07, 6.45) is 1.64. The molecule has 1 fully saturated rings. The Morgan fingerprint density at radius 2 is 1.94 bits per heavy atom. The summed E-state index contributed by atoms with van der Waals surface area (Å²) in [4.78, 5) is 19.0. The van der Waals surface area contributed by atoms with Crippen LogP contribution in [0.1, 0.15) is 17.0 Å². The smallest absolute Gasteiger partial charge is 0.283 e. The third-order valence-corrected chi connectivity index (χ3v) is 6.56. The van der Waals surface area contributed by atoms with Crippen LogP contribution in [0.25, 0.3) is 11.8 Å². The van der Waals surface area contributed by atoms with Crippen molar-refractivity contribution in [1.82, 2.24) is 14.5 Å². The van der Waals surface area contributed by atoms with Crippen LogP contribution in [0.3, 0.4) is 0 Å². The molecule has 1 aromatic carbocycles. The molecule has 2 aromatic rings. The summed E-state index contributed by atoms with van der Waals surface area (Å²) >= 11 is 1.29. The SMILES string of the molecule is Cc1cc(/C=C2/C(=N)N3N=C(N4CCOCC4)SC3=NC2=O)c(C)n1-c1ccccc1F. The lowest BCUT2D eigenvalue weighted by molar-refractivity contribution is -0.114. The standard InChI is InChI=1S/C22H21FN6O2S/c1-13-11-15(14(2)28(13)18-6-4-3-5-17(18)23)12-16-19(24)29-21(25-20(16)30)32-22(26-29)27-7-9-31-10-8-27/h3-6,11-12,24H,7-10H2,1-2H3/b16-12-,24-19?. The Morgan fingerprint density at radius 3 is 2.69 bits per heavy atom. The van der Waals surface area contributed by atoms with E-state index in [1.165, 1.54) is 22.8 Å². The summed E-state index contributed by atoms with van der Waals surface area (Å²) in [7, 11) is 0. The first-order chi connectivity index (χ1) is 15.4. The quantitative estimate of drug-likeness (QED) is 0.708. The molecule has 0 atom stereocenters. The Morgan fingerprint density at radius 1 is 1.19 bits per heavy atom. The van der Waals surface area contributed by atoms with Crippen molar-refractivity contribution in [3.8, 4) is 5.69 Å². The first-order valence-electron chi connectivity index (χ1n) is 10.2. The number of aromatic nitrogens is 1. The number of ether oxygens (including phenoxy) is 1. The molecular weight excluding hydrogens is 431 g/mol. The van der Waals surface area contributed by atoms with E-state index in [1.54, 1.807) is 28.8 Å². The van der Waals surface area contributed by atoms with Crippen LogP contribution in [0.2, 0.25) is 0 Å². The summed E-state index contributed by atoms with van der Waals surface area (Å²) in [5.74, 6) is -0.836. The van der Waals surface area contributed by atoms with Gasteiger partial charge < -0.3 is 14.2 Å². The fourth-order valence-corrected chi connectivity index (χ4v) is 4.90. The number of carbonyl (C=O) groups excluding carboxylic acids is 1. The highest BCUT2D eigenvalue weighted by Crippen LogP contribution is 2.31. The first kappa shape index (κ1) is 20.7. The molecule has 0 saturated carbocycles. The third kappa shape index (κ3) is 3.45. The maximum atomic E-state index is 14.4. The summed E-state index contributed by atoms with van der Waals surface area (Å²) in [5, 5.41) is 15.6. The highest BCUT2D eigenvalue weighted by molar-refractivity contribution is 8.26. The molecular formula is C22H21FN6O2S. The van der Waals surface area contributed by atoms with Crippen LogP contribution < -0.4 is 0 Å². The summed E-state index contributed by atoms with van der Waals surface area (Å²) in [5.41, 5.74) is 2.90. The predicted molar refractivity (Wildman–Crippen MR) is 123 cm³/mol. The van der Waals surface area contributed by atoms with Gasteiger partial charge in [0.05, 0.1) is 24.5 Å². The molecule has 3 aliphatic rings. The van der Waals surface area contributed by atoms with E-state index in [2.05, 4.69) is 15.0 Å². The number of benzene rings is 1. The molecule has 4 heterocycles. The van der Waals surface area contributed by atoms with E-state index in [9.17, 15) is 9.18 Å². The minimum absolute atomic E-state index is 0.0218. The van der Waals surface area contributed by atoms with Crippen LogP contribution in [0.5, 0.6) is 0 Å². The lowest BCUT2D eigenvalue weighted by Crippen LogP contribution is -2.39. The van der Waals surface area contributed by atoms with Gasteiger partial charge >= 0.3 is 0 Å². The second-order valence-corrected chi connectivity index (χ2v) is 8.55. The number of rotatable bonds is 2. The molecule has 5 rings (SSSR count). The summed E-state index contributed by atoms with van der Waals surface area (Å²) < 4.78 is 21.6. The number of halogens is 1. The van der Waals surface area contributed by atoms with E-state index in [4.69, 9.17) is 10.1 Å². The molecule has 32 heavy (non-hydrogen) atoms. The van der Waals surface area contributed by atoms with Crippen LogP contribution in [-0.4, -0.2) is 62.9 Å². The first-order valence-corrected chi connectivity index (χ1v) is 11.0. The molecule has 1 N–H and O–H groups in total. The van der Waals surface area contributed by atoms with Gasteiger partial charge in [0, 0.05) is 24.5 Å². The molecule has 164 valence electrons. The fraction of sp³-hybridized carbons (Fsp3) is 0.273. The highest BCUT2D eigenvalue weighted by atomic mass is 32.2. The number of nitrogens with one attached hydrogen (secondary N) is 1. The lowest BCUT2D eigenvalue weighted by atomic mass is 10.1. The number of carbonyl (C=O) groups is 1. The second kappa shape index (κ2) is 8.03. The zero-order valence-electron chi connectivity index (χ0n) is 17.6. The molecule has 1 saturated heterocycles. The normalized spacial score (nSPS) is 20.0. The van der Waals surface area contributed by atoms with Crippen molar-refractivity contribution in [2.24, 2.45) is 10.1 Å². The zero-order valence-corrected chi connectivity index (χ0v) is 18.4. The number of amides is 1. The molecule has 10 heteroatoms. The third-order valence-electron chi connectivity index (χ3n) is 5.59. The Hall–Kier alpha value is -3.24. The largest absolute Gasteiger partial charge is 0.378 e. The predicted octanol–water partition coefficient (Wildman–Crippen LogP) is 3.14. The Bertz CT molecular complexity index is 1230. The molecule has 1 amide bonds. The molecule has 0 radical (unpaired) electrons. The van der Waals surface area contributed by atoms with Crippen molar-refractivity contribution in [3.63, 3.8) is 0 Å². The average molecular weight is 453 g/mol. The Balaban J connectivity index is 1.49. The number of thioether (sulfide) groups is 1. The maximum Gasteiger partial charge on any atom is 0.283 e. The molecule has 0 unspecified atom stereocenters. The van der Waals surface area contributed by atoms with Crippen LogP contribution in [0.15, 0.2) is 46.0 Å². The van der Waals surface area contributed by atoms with Gasteiger partial charge in [0.2, 0.25) is 5.17 Å². The van der Waals surface area contributed by atoms with E-state index >= 15 is 0 Å². The van der Waals surface area contributed by atoms with Crippen molar-refractivity contribution < 1.29 is 13.9 Å². The average Bonchev–Trinajstić information content (AvgIpc) is 3.33. The molecule has 8 nitrogen and oxygen atoms in total. The monoisotopic (exact) mass is 452 g/mol. The number of aryl methyl sites for hydroxylation is 1. The van der Waals surface area contributed by atoms with Crippen LogP contribution in [0.4, 0.5) is 4.39 Å². The number of para-hydroxylation sites is 1. The van der Waals surface area contributed by atoms with E-state index < -0.39 is 5.91 Å². The number of hydrogen-bond donors (Lipinski definition) is 1. The lowest BCUT2D eigenvalue weighted by Gasteiger charge is -2.26. The fourth-order valence-electron chi connectivity index (χ4n) is 3.96. The van der Waals surface area contributed by atoms with Crippen molar-refractivity contribution in [2.75, 3.05) is 26.3 Å². The minimum Gasteiger partial charge on any atom is -0.378 e. The van der Waals surface area contributed by atoms with Crippen molar-refractivity contribution in [2.45, 2.75) is 13.8 Å². The molecule has 0 spiro atoms. The number of hydrazone groups is 1. The Labute approximate surface area is 188 Å². The molecule has 0 aliphatic carbocycles. The van der Waals surface area contributed by atoms with Crippen LogP contribution in [-0.2, 0) is 9.53 Å². The molecule has 0 bridgehead atoms. The van der Waals surface area contributed by atoms with Gasteiger partial charge in [-0.15, -0.1) is 5.10 Å². The van der Waals surface area contributed by atoms with Gasteiger partial charge in [-0.3, -0.25) is 10.2 Å². The van der Waals surface area contributed by atoms with E-state index in [0.717, 1.165) is 17.0 Å². The van der Waals surface area contributed by atoms with Crippen molar-refractivity contribution in [3.05, 3.63) is 58.7 Å². The molecule has 1 aromatic heterocycles. The number of morpholine rings is 1. The minimum atomic E-state index is -0.483. The number of fused-ring (bicyclic) bond motifs is 1. The zero-order chi connectivity index (χ0) is 22.4. The Kier molecular flexibility index (Phi) is 5.18. The topological polar surface area (TPSA) is 86.3 Å². The summed E-state index contributed by atoms with van der Waals surface area (Å²) in [6.45, 7) is 6.38. The van der Waals surface area contributed by atoms with Crippen LogP contribution in [0, 0.1) is 25.1 Å². The van der Waals surface area contributed by atoms with Gasteiger partial charge in [0.15, 0.2) is 11.0 Å². The van der Waals surface area contributed by atoms with Crippen LogP contribution >= 0.6 is 11.8 Å². The van der Waals surface area contributed by atoms with Gasteiger partial charge in [-0.1, -0.05) is 12.1 Å². The van der Waals surface area contributed by atoms with Gasteiger partial charge in [-0.2, -0.15) is 10.0 Å². The highest BCUT2D eigenvalue weighted by Gasteiger charge is 2.37. The number of amidine groups is 3. The van der Waals surface area contributed by atoms with Crippen molar-refractivity contribution in [1.29, 1.82) is 5.41 Å². The van der Waals surface area contributed by atoms with E-state index in [1.807, 2.05) is 19.9 Å².